The highest BCUT2D eigenvalue weighted by Gasteiger charge is 2.54. The molecular weight excluding hydrogens is 314 g/mol. The summed E-state index contributed by atoms with van der Waals surface area (Å²) in [4.78, 5) is 13.0. The normalized spacial score (nSPS) is 15.5. The largest absolute Gasteiger partial charge is 0.464 e. The van der Waals surface area contributed by atoms with Crippen LogP contribution in [0.1, 0.15) is 28.6 Å². The van der Waals surface area contributed by atoms with Gasteiger partial charge in [0.2, 0.25) is 0 Å². The molecule has 3 aromatic rings. The number of benzene rings is 1. The molecule has 1 aliphatic rings. The van der Waals surface area contributed by atoms with Crippen molar-refractivity contribution >= 4 is 23.2 Å². The number of fused-ring (bicyclic) bond motifs is 1. The van der Waals surface area contributed by atoms with Crippen LogP contribution in [0.5, 0.6) is 0 Å². The summed E-state index contributed by atoms with van der Waals surface area (Å²) in [6.07, 6.45) is 0. The second-order valence-electron chi connectivity index (χ2n) is 5.71. The van der Waals surface area contributed by atoms with Gasteiger partial charge in [-0.25, -0.2) is 0 Å². The van der Waals surface area contributed by atoms with Crippen molar-refractivity contribution in [3.8, 4) is 0 Å². The Labute approximate surface area is 138 Å². The van der Waals surface area contributed by atoms with Crippen molar-refractivity contribution in [1.82, 2.24) is 0 Å². The number of carbonyl (C=O) groups excluding carboxylic acids is 1. The number of aryl methyl sites for hydroxylation is 2. The Kier molecular flexibility index (Phi) is 2.93. The molecule has 116 valence electrons. The lowest BCUT2D eigenvalue weighted by atomic mass is 9.77. The van der Waals surface area contributed by atoms with Gasteiger partial charge in [-0.15, -0.1) is 0 Å². The first-order valence-corrected chi connectivity index (χ1v) is 7.65. The van der Waals surface area contributed by atoms with Crippen LogP contribution in [-0.2, 0) is 10.2 Å². The van der Waals surface area contributed by atoms with Crippen LogP contribution in [0.15, 0.2) is 51.3 Å². The first-order valence-electron chi connectivity index (χ1n) is 7.27. The standard InChI is InChI=1S/C18H14ClNO3/c1-10-3-7-15(22-10)18(16-8-4-11(2)23-16)13-9-12(19)5-6-14(13)20-17(18)21/h3-9H,1-2H3,(H,20,21). The van der Waals surface area contributed by atoms with Gasteiger partial charge < -0.3 is 14.2 Å². The van der Waals surface area contributed by atoms with Crippen LogP contribution in [0.3, 0.4) is 0 Å². The molecule has 1 N–H and O–H groups in total. The third-order valence-corrected chi connectivity index (χ3v) is 4.43. The molecule has 0 bridgehead atoms. The van der Waals surface area contributed by atoms with E-state index < -0.39 is 5.41 Å². The van der Waals surface area contributed by atoms with Crippen LogP contribution < -0.4 is 5.32 Å². The molecule has 0 saturated carbocycles. The maximum absolute atomic E-state index is 13.0. The quantitative estimate of drug-likeness (QED) is 0.757. The van der Waals surface area contributed by atoms with E-state index in [0.717, 1.165) is 17.1 Å². The summed E-state index contributed by atoms with van der Waals surface area (Å²) in [5.74, 6) is 2.28. The zero-order valence-corrected chi connectivity index (χ0v) is 13.4. The van der Waals surface area contributed by atoms with E-state index in [1.54, 1.807) is 18.2 Å². The highest BCUT2D eigenvalue weighted by atomic mass is 35.5. The van der Waals surface area contributed by atoms with Crippen LogP contribution in [0.2, 0.25) is 5.02 Å². The number of nitrogens with one attached hydrogen (secondary N) is 1. The number of anilines is 1. The number of carbonyl (C=O) groups is 1. The van der Waals surface area contributed by atoms with E-state index in [1.165, 1.54) is 0 Å². The van der Waals surface area contributed by atoms with Gasteiger partial charge in [0, 0.05) is 16.3 Å². The fourth-order valence-electron chi connectivity index (χ4n) is 3.16. The summed E-state index contributed by atoms with van der Waals surface area (Å²) in [6, 6.07) is 12.6. The first kappa shape index (κ1) is 14.2. The zero-order chi connectivity index (χ0) is 16.2. The molecule has 0 radical (unpaired) electrons. The van der Waals surface area contributed by atoms with E-state index >= 15 is 0 Å². The van der Waals surface area contributed by atoms with Gasteiger partial charge in [0.15, 0.2) is 5.41 Å². The summed E-state index contributed by atoms with van der Waals surface area (Å²) in [5.41, 5.74) is 0.282. The molecule has 2 aromatic heterocycles. The van der Waals surface area contributed by atoms with Crippen molar-refractivity contribution in [2.45, 2.75) is 19.3 Å². The molecule has 1 amide bonds. The van der Waals surface area contributed by atoms with Gasteiger partial charge in [0.25, 0.3) is 5.91 Å². The van der Waals surface area contributed by atoms with Crippen molar-refractivity contribution in [3.63, 3.8) is 0 Å². The minimum Gasteiger partial charge on any atom is -0.464 e. The van der Waals surface area contributed by atoms with Crippen molar-refractivity contribution < 1.29 is 13.6 Å². The summed E-state index contributed by atoms with van der Waals surface area (Å²) < 4.78 is 11.7. The fourth-order valence-corrected chi connectivity index (χ4v) is 3.33. The average molecular weight is 328 g/mol. The van der Waals surface area contributed by atoms with Gasteiger partial charge >= 0.3 is 0 Å². The first-order chi connectivity index (χ1) is 11.0. The summed E-state index contributed by atoms with van der Waals surface area (Å²) in [5, 5.41) is 3.47. The molecule has 3 heterocycles. The number of rotatable bonds is 2. The molecule has 4 rings (SSSR count). The second kappa shape index (κ2) is 4.77. The second-order valence-corrected chi connectivity index (χ2v) is 6.15. The van der Waals surface area contributed by atoms with E-state index in [2.05, 4.69) is 5.32 Å². The fraction of sp³-hybridized carbons (Fsp3) is 0.167. The third-order valence-electron chi connectivity index (χ3n) is 4.19. The average Bonchev–Trinajstić information content (AvgIpc) is 3.18. The van der Waals surface area contributed by atoms with Gasteiger partial charge in [-0.1, -0.05) is 11.6 Å². The topological polar surface area (TPSA) is 55.4 Å². The van der Waals surface area contributed by atoms with Crippen LogP contribution in [0, 0.1) is 13.8 Å². The zero-order valence-electron chi connectivity index (χ0n) is 12.6. The monoisotopic (exact) mass is 327 g/mol. The number of hydrogen-bond donors (Lipinski definition) is 1. The Balaban J connectivity index is 2.09. The highest BCUT2D eigenvalue weighted by Crippen LogP contribution is 2.49. The number of halogens is 1. The van der Waals surface area contributed by atoms with Crippen LogP contribution in [0.4, 0.5) is 5.69 Å². The maximum atomic E-state index is 13.0. The van der Waals surface area contributed by atoms with Gasteiger partial charge in [-0.3, -0.25) is 4.79 Å². The summed E-state index contributed by atoms with van der Waals surface area (Å²) in [7, 11) is 0. The molecule has 0 unspecified atom stereocenters. The van der Waals surface area contributed by atoms with Crippen LogP contribution >= 0.6 is 11.6 Å². The lowest BCUT2D eigenvalue weighted by Crippen LogP contribution is -2.36. The minimum absolute atomic E-state index is 0.210. The third kappa shape index (κ3) is 1.88. The highest BCUT2D eigenvalue weighted by molar-refractivity contribution is 6.31. The van der Waals surface area contributed by atoms with E-state index in [-0.39, 0.29) is 5.91 Å². The Bertz CT molecular complexity index is 882. The number of hydrogen-bond acceptors (Lipinski definition) is 3. The molecular formula is C18H14ClNO3. The molecule has 23 heavy (non-hydrogen) atoms. The van der Waals surface area contributed by atoms with Crippen LogP contribution in [-0.4, -0.2) is 5.91 Å². The minimum atomic E-state index is -1.16. The van der Waals surface area contributed by atoms with Gasteiger partial charge in [0.05, 0.1) is 0 Å². The molecule has 0 atom stereocenters. The maximum Gasteiger partial charge on any atom is 0.250 e. The Hall–Kier alpha value is -2.46. The van der Waals surface area contributed by atoms with Crippen molar-refractivity contribution in [3.05, 3.63) is 76.1 Å². The van der Waals surface area contributed by atoms with Gasteiger partial charge in [-0.05, 0) is 56.3 Å². The molecule has 1 aromatic carbocycles. The lowest BCUT2D eigenvalue weighted by molar-refractivity contribution is -0.119. The Morgan fingerprint density at radius 3 is 2.09 bits per heavy atom. The van der Waals surface area contributed by atoms with Crippen molar-refractivity contribution in [2.24, 2.45) is 0 Å². The SMILES string of the molecule is Cc1ccc(C2(c3ccc(C)o3)C(=O)Nc3ccc(Cl)cc32)o1. The summed E-state index contributed by atoms with van der Waals surface area (Å²) >= 11 is 6.18. The predicted octanol–water partition coefficient (Wildman–Crippen LogP) is 4.43. The van der Waals surface area contributed by atoms with Gasteiger partial charge in [0.1, 0.15) is 23.0 Å². The summed E-state index contributed by atoms with van der Waals surface area (Å²) in [6.45, 7) is 3.69. The number of furan rings is 2. The van der Waals surface area contributed by atoms with Crippen molar-refractivity contribution in [1.29, 1.82) is 0 Å². The molecule has 5 heteroatoms. The predicted molar refractivity (Wildman–Crippen MR) is 86.9 cm³/mol. The van der Waals surface area contributed by atoms with E-state index in [4.69, 9.17) is 20.4 Å². The number of amides is 1. The van der Waals surface area contributed by atoms with Crippen molar-refractivity contribution in [2.75, 3.05) is 5.32 Å². The molecule has 4 nitrogen and oxygen atoms in total. The van der Waals surface area contributed by atoms with E-state index in [0.29, 0.717) is 22.2 Å². The van der Waals surface area contributed by atoms with E-state index in [9.17, 15) is 4.79 Å². The van der Waals surface area contributed by atoms with E-state index in [1.807, 2.05) is 38.1 Å². The lowest BCUT2D eigenvalue weighted by Gasteiger charge is -2.23. The van der Waals surface area contributed by atoms with Gasteiger partial charge in [-0.2, -0.15) is 0 Å². The smallest absolute Gasteiger partial charge is 0.250 e. The molecule has 0 aliphatic carbocycles. The van der Waals surface area contributed by atoms with Crippen LogP contribution in [0.25, 0.3) is 0 Å². The molecule has 0 fully saturated rings. The molecule has 0 saturated heterocycles. The Morgan fingerprint density at radius 1 is 0.957 bits per heavy atom. The Morgan fingerprint density at radius 2 is 1.57 bits per heavy atom. The molecule has 1 aliphatic heterocycles. The molecule has 0 spiro atoms.